The van der Waals surface area contributed by atoms with E-state index in [4.69, 9.17) is 10.00 Å². The zero-order chi connectivity index (χ0) is 12.1. The molecule has 1 aliphatic carbocycles. The second-order valence-electron chi connectivity index (χ2n) is 4.50. The van der Waals surface area contributed by atoms with E-state index in [2.05, 4.69) is 6.07 Å². The van der Waals surface area contributed by atoms with E-state index in [1.165, 1.54) is 0 Å². The van der Waals surface area contributed by atoms with E-state index in [-0.39, 0.29) is 12.2 Å². The summed E-state index contributed by atoms with van der Waals surface area (Å²) < 4.78 is 5.79. The van der Waals surface area contributed by atoms with Crippen LogP contribution in [0.15, 0.2) is 24.3 Å². The maximum Gasteiger partial charge on any atom is 0.124 e. The van der Waals surface area contributed by atoms with Crippen molar-refractivity contribution in [2.24, 2.45) is 0 Å². The van der Waals surface area contributed by atoms with Crippen molar-refractivity contribution in [1.82, 2.24) is 0 Å². The molecule has 2 rings (SSSR count). The second-order valence-corrected chi connectivity index (χ2v) is 4.50. The molecule has 0 heterocycles. The lowest BCUT2D eigenvalue weighted by Crippen LogP contribution is -2.30. The molecule has 1 aromatic rings. The standard InChI is InChI=1S/C14H17NO2/c15-10-11-5-4-6-12(9-11)17-14-8-3-1-2-7-13(14)16/h4-6,9,13-14,16H,1-3,7-8H2. The van der Waals surface area contributed by atoms with Crippen molar-refractivity contribution in [2.75, 3.05) is 0 Å². The largest absolute Gasteiger partial charge is 0.488 e. The van der Waals surface area contributed by atoms with Gasteiger partial charge in [-0.2, -0.15) is 5.26 Å². The third-order valence-corrected chi connectivity index (χ3v) is 3.17. The summed E-state index contributed by atoms with van der Waals surface area (Å²) in [5.41, 5.74) is 0.589. The molecular formula is C14H17NO2. The van der Waals surface area contributed by atoms with Crippen molar-refractivity contribution in [3.8, 4) is 11.8 Å². The molecule has 2 unspecified atom stereocenters. The van der Waals surface area contributed by atoms with E-state index < -0.39 is 0 Å². The van der Waals surface area contributed by atoms with Gasteiger partial charge in [0, 0.05) is 0 Å². The second kappa shape index (κ2) is 5.70. The average Bonchev–Trinajstić information content (AvgIpc) is 2.55. The van der Waals surface area contributed by atoms with Gasteiger partial charge in [-0.1, -0.05) is 18.9 Å². The van der Waals surface area contributed by atoms with Crippen LogP contribution in [0, 0.1) is 11.3 Å². The van der Waals surface area contributed by atoms with E-state index >= 15 is 0 Å². The first-order chi connectivity index (χ1) is 8.29. The van der Waals surface area contributed by atoms with Gasteiger partial charge in [0.25, 0.3) is 0 Å². The van der Waals surface area contributed by atoms with Gasteiger partial charge in [0.1, 0.15) is 11.9 Å². The van der Waals surface area contributed by atoms with Crippen LogP contribution in [0.5, 0.6) is 5.75 Å². The lowest BCUT2D eigenvalue weighted by molar-refractivity contribution is 0.0320. The zero-order valence-electron chi connectivity index (χ0n) is 9.80. The monoisotopic (exact) mass is 231 g/mol. The Morgan fingerprint density at radius 3 is 2.88 bits per heavy atom. The quantitative estimate of drug-likeness (QED) is 0.796. The summed E-state index contributed by atoms with van der Waals surface area (Å²) in [7, 11) is 0. The molecule has 1 N–H and O–H groups in total. The van der Waals surface area contributed by atoms with Crippen LogP contribution >= 0.6 is 0 Å². The highest BCUT2D eigenvalue weighted by molar-refractivity contribution is 5.36. The number of ether oxygens (including phenoxy) is 1. The molecule has 1 saturated carbocycles. The number of aliphatic hydroxyl groups is 1. The van der Waals surface area contributed by atoms with Crippen LogP contribution in [-0.2, 0) is 0 Å². The van der Waals surface area contributed by atoms with E-state index in [0.717, 1.165) is 32.1 Å². The number of nitriles is 1. The molecule has 0 spiro atoms. The molecule has 0 radical (unpaired) electrons. The zero-order valence-corrected chi connectivity index (χ0v) is 9.80. The molecule has 1 fully saturated rings. The van der Waals surface area contributed by atoms with Gasteiger partial charge in [-0.3, -0.25) is 0 Å². The SMILES string of the molecule is N#Cc1cccc(OC2CCCCCC2O)c1. The fourth-order valence-corrected chi connectivity index (χ4v) is 2.21. The first-order valence-corrected chi connectivity index (χ1v) is 6.14. The van der Waals surface area contributed by atoms with Crippen molar-refractivity contribution < 1.29 is 9.84 Å². The van der Waals surface area contributed by atoms with Crippen LogP contribution in [0.25, 0.3) is 0 Å². The summed E-state index contributed by atoms with van der Waals surface area (Å²) in [6, 6.07) is 9.19. The molecule has 3 nitrogen and oxygen atoms in total. The molecule has 3 heteroatoms. The number of nitrogens with zero attached hydrogens (tertiary/aromatic N) is 1. The van der Waals surface area contributed by atoms with Crippen LogP contribution in [0.2, 0.25) is 0 Å². The third-order valence-electron chi connectivity index (χ3n) is 3.17. The Kier molecular flexibility index (Phi) is 4.00. The molecule has 0 saturated heterocycles. The van der Waals surface area contributed by atoms with Gasteiger partial charge in [-0.05, 0) is 37.5 Å². The van der Waals surface area contributed by atoms with Crippen molar-refractivity contribution in [1.29, 1.82) is 5.26 Å². The maximum absolute atomic E-state index is 9.95. The van der Waals surface area contributed by atoms with E-state index in [1.807, 2.05) is 6.07 Å². The number of rotatable bonds is 2. The highest BCUT2D eigenvalue weighted by atomic mass is 16.5. The summed E-state index contributed by atoms with van der Waals surface area (Å²) in [5, 5.41) is 18.8. The number of hydrogen-bond donors (Lipinski definition) is 1. The Hall–Kier alpha value is -1.53. The number of aliphatic hydroxyl groups excluding tert-OH is 1. The normalized spacial score (nSPS) is 24.7. The average molecular weight is 231 g/mol. The topological polar surface area (TPSA) is 53.2 Å². The Labute approximate surface area is 102 Å². The highest BCUT2D eigenvalue weighted by Crippen LogP contribution is 2.23. The summed E-state index contributed by atoms with van der Waals surface area (Å²) in [4.78, 5) is 0. The first kappa shape index (κ1) is 11.9. The van der Waals surface area contributed by atoms with E-state index in [9.17, 15) is 5.11 Å². The molecule has 0 bridgehead atoms. The smallest absolute Gasteiger partial charge is 0.124 e. The lowest BCUT2D eigenvalue weighted by atomic mass is 10.1. The molecule has 0 amide bonds. The Balaban J connectivity index is 2.05. The van der Waals surface area contributed by atoms with Gasteiger partial charge in [0.05, 0.1) is 17.7 Å². The molecule has 0 aromatic heterocycles. The summed E-state index contributed by atoms with van der Waals surface area (Å²) in [6.45, 7) is 0. The molecule has 1 aliphatic rings. The van der Waals surface area contributed by atoms with Crippen molar-refractivity contribution in [3.63, 3.8) is 0 Å². The highest BCUT2D eigenvalue weighted by Gasteiger charge is 2.23. The van der Waals surface area contributed by atoms with Gasteiger partial charge in [-0.25, -0.2) is 0 Å². The fraction of sp³-hybridized carbons (Fsp3) is 0.500. The predicted molar refractivity (Wildman–Crippen MR) is 64.7 cm³/mol. The minimum atomic E-state index is -0.386. The molecule has 1 aromatic carbocycles. The number of benzene rings is 1. The van der Waals surface area contributed by atoms with Crippen LogP contribution in [0.3, 0.4) is 0 Å². The first-order valence-electron chi connectivity index (χ1n) is 6.14. The number of hydrogen-bond acceptors (Lipinski definition) is 3. The van der Waals surface area contributed by atoms with Gasteiger partial charge in [-0.15, -0.1) is 0 Å². The van der Waals surface area contributed by atoms with Crippen LogP contribution in [-0.4, -0.2) is 17.3 Å². The van der Waals surface area contributed by atoms with Crippen molar-refractivity contribution >= 4 is 0 Å². The van der Waals surface area contributed by atoms with Gasteiger partial charge in [0.15, 0.2) is 0 Å². The third kappa shape index (κ3) is 3.21. The summed E-state index contributed by atoms with van der Waals surface area (Å²) in [5.74, 6) is 0.676. The lowest BCUT2D eigenvalue weighted by Gasteiger charge is -2.22. The maximum atomic E-state index is 9.95. The summed E-state index contributed by atoms with van der Waals surface area (Å²) in [6.07, 6.45) is 4.50. The van der Waals surface area contributed by atoms with Crippen LogP contribution in [0.4, 0.5) is 0 Å². The molecule has 17 heavy (non-hydrogen) atoms. The minimum Gasteiger partial charge on any atom is -0.488 e. The molecule has 90 valence electrons. The molecule has 0 aliphatic heterocycles. The summed E-state index contributed by atoms with van der Waals surface area (Å²) >= 11 is 0. The fourth-order valence-electron chi connectivity index (χ4n) is 2.21. The Morgan fingerprint density at radius 2 is 2.06 bits per heavy atom. The van der Waals surface area contributed by atoms with Crippen LogP contribution in [0.1, 0.15) is 37.7 Å². The Bertz CT molecular complexity index is 411. The van der Waals surface area contributed by atoms with Crippen molar-refractivity contribution in [2.45, 2.75) is 44.3 Å². The van der Waals surface area contributed by atoms with Gasteiger partial charge < -0.3 is 9.84 Å². The van der Waals surface area contributed by atoms with E-state index in [1.54, 1.807) is 18.2 Å². The predicted octanol–water partition coefficient (Wildman–Crippen LogP) is 2.63. The van der Waals surface area contributed by atoms with Gasteiger partial charge >= 0.3 is 0 Å². The minimum absolute atomic E-state index is 0.133. The van der Waals surface area contributed by atoms with Crippen LogP contribution < -0.4 is 4.74 Å². The van der Waals surface area contributed by atoms with Gasteiger partial charge in [0.2, 0.25) is 0 Å². The Morgan fingerprint density at radius 1 is 1.24 bits per heavy atom. The molecular weight excluding hydrogens is 214 g/mol. The van der Waals surface area contributed by atoms with E-state index in [0.29, 0.717) is 11.3 Å². The molecule has 2 atom stereocenters. The van der Waals surface area contributed by atoms with Crippen molar-refractivity contribution in [3.05, 3.63) is 29.8 Å².